The molecular formula is C48H77N15O13S. The summed E-state index contributed by atoms with van der Waals surface area (Å²) in [6.45, 7) is 5.98. The Balaban J connectivity index is 2.33. The van der Waals surface area contributed by atoms with Crippen molar-refractivity contribution >= 4 is 94.6 Å². The second-order valence-electron chi connectivity index (χ2n) is 18.7. The molecule has 77 heavy (non-hydrogen) atoms. The fourth-order valence-corrected chi connectivity index (χ4v) is 7.88. The van der Waals surface area contributed by atoms with E-state index in [9.17, 15) is 63.0 Å². The van der Waals surface area contributed by atoms with E-state index in [1.807, 2.05) is 18.2 Å². The number of carbonyl (C=O) groups is 11. The number of aliphatic imine (C=N–C) groups is 1. The highest BCUT2D eigenvalue weighted by molar-refractivity contribution is 7.80. The number of hydrogen-bond donors (Lipinski definition) is 17. The Morgan fingerprint density at radius 1 is 0.675 bits per heavy atom. The molecule has 0 spiro atoms. The van der Waals surface area contributed by atoms with Crippen LogP contribution in [0.5, 0.6) is 0 Å². The molecule has 0 bridgehead atoms. The molecule has 1 aromatic carbocycles. The number of aromatic nitrogens is 1. The SMILES string of the molecule is CCC(C)C(NC(=O)C(CCC(=O)O)NC(=O)C(CCCN=C(N)N)NC(=O)CNC(=O)C(CC(N)=O)NC(=O)C(NC(=O)C(Cc1c[nH]c2ccccc12)NC(=O)C(N)CCCCN)C(C)C)C(=O)NC(CS)C(=O)O. The molecule has 2 aromatic rings. The third-order valence-electron chi connectivity index (χ3n) is 12.2. The third kappa shape index (κ3) is 23.1. The summed E-state index contributed by atoms with van der Waals surface area (Å²) in [6.07, 6.45) is 1.42. The van der Waals surface area contributed by atoms with Gasteiger partial charge in [0.2, 0.25) is 53.2 Å². The molecule has 0 fully saturated rings. The van der Waals surface area contributed by atoms with Gasteiger partial charge in [-0.3, -0.25) is 52.9 Å². The number of fused-ring (bicyclic) bond motifs is 1. The van der Waals surface area contributed by atoms with Crippen LogP contribution in [0.3, 0.4) is 0 Å². The highest BCUT2D eigenvalue weighted by Crippen LogP contribution is 2.20. The molecule has 29 heteroatoms. The van der Waals surface area contributed by atoms with E-state index in [2.05, 4.69) is 65.1 Å². The smallest absolute Gasteiger partial charge is 0.327 e. The Hall–Kier alpha value is -7.53. The van der Waals surface area contributed by atoms with Gasteiger partial charge >= 0.3 is 11.9 Å². The van der Waals surface area contributed by atoms with Crippen molar-refractivity contribution in [1.82, 2.24) is 47.5 Å². The molecule has 21 N–H and O–H groups in total. The van der Waals surface area contributed by atoms with Crippen molar-refractivity contribution in [3.8, 4) is 0 Å². The Kier molecular flexibility index (Phi) is 28.5. The van der Waals surface area contributed by atoms with Crippen LogP contribution in [0.2, 0.25) is 0 Å². The van der Waals surface area contributed by atoms with Gasteiger partial charge in [0.25, 0.3) is 0 Å². The number of unbranched alkanes of at least 4 members (excludes halogenated alkanes) is 1. The first-order chi connectivity index (χ1) is 36.3. The summed E-state index contributed by atoms with van der Waals surface area (Å²) in [4.78, 5) is 152. The van der Waals surface area contributed by atoms with Crippen LogP contribution >= 0.6 is 12.6 Å². The highest BCUT2D eigenvalue weighted by atomic mass is 32.1. The lowest BCUT2D eigenvalue weighted by molar-refractivity contribution is -0.142. The number of carbonyl (C=O) groups excluding carboxylic acids is 9. The van der Waals surface area contributed by atoms with Gasteiger partial charge < -0.3 is 86.4 Å². The van der Waals surface area contributed by atoms with Gasteiger partial charge in [-0.1, -0.05) is 58.7 Å². The molecule has 0 aliphatic carbocycles. The molecular weight excluding hydrogens is 1030 g/mol. The molecule has 0 radical (unpaired) electrons. The second-order valence-corrected chi connectivity index (χ2v) is 19.1. The van der Waals surface area contributed by atoms with Gasteiger partial charge in [-0.05, 0) is 62.1 Å². The molecule has 1 aromatic heterocycles. The lowest BCUT2D eigenvalue weighted by atomic mass is 9.97. The van der Waals surface area contributed by atoms with Gasteiger partial charge in [0.1, 0.15) is 42.3 Å². The highest BCUT2D eigenvalue weighted by Gasteiger charge is 2.36. The number of carboxylic acid groups (broad SMARTS) is 2. The first kappa shape index (κ1) is 65.6. The zero-order valence-corrected chi connectivity index (χ0v) is 44.6. The van der Waals surface area contributed by atoms with Crippen molar-refractivity contribution in [2.75, 3.05) is 25.4 Å². The van der Waals surface area contributed by atoms with E-state index in [0.29, 0.717) is 37.8 Å². The maximum Gasteiger partial charge on any atom is 0.327 e. The number of benzene rings is 1. The number of guanidine groups is 1. The first-order valence-electron chi connectivity index (χ1n) is 25.1. The molecule has 0 saturated carbocycles. The van der Waals surface area contributed by atoms with Crippen molar-refractivity contribution in [3.05, 3.63) is 36.0 Å². The normalized spacial score (nSPS) is 14.6. The Morgan fingerprint density at radius 2 is 1.26 bits per heavy atom. The summed E-state index contributed by atoms with van der Waals surface area (Å²) in [5.74, 6) is -12.9. The van der Waals surface area contributed by atoms with Crippen LogP contribution in [0, 0.1) is 11.8 Å². The minimum atomic E-state index is -1.71. The quantitative estimate of drug-likeness (QED) is 0.0135. The predicted molar refractivity (Wildman–Crippen MR) is 286 cm³/mol. The maximum atomic E-state index is 14.1. The second kappa shape index (κ2) is 33.5. The number of amides is 9. The van der Waals surface area contributed by atoms with E-state index in [4.69, 9.17) is 28.7 Å². The number of aliphatic carboxylic acids is 2. The number of nitrogens with zero attached hydrogens (tertiary/aromatic N) is 1. The monoisotopic (exact) mass is 1100 g/mol. The molecule has 28 nitrogen and oxygen atoms in total. The van der Waals surface area contributed by atoms with Crippen LogP contribution in [0.1, 0.15) is 91.0 Å². The Bertz CT molecular complexity index is 2400. The Morgan fingerprint density at radius 3 is 1.86 bits per heavy atom. The van der Waals surface area contributed by atoms with Crippen molar-refractivity contribution in [2.24, 2.45) is 45.5 Å². The van der Waals surface area contributed by atoms with Crippen LogP contribution in [0.25, 0.3) is 10.9 Å². The number of hydrogen-bond acceptors (Lipinski definition) is 15. The molecule has 0 aliphatic rings. The molecule has 9 amide bonds. The van der Waals surface area contributed by atoms with E-state index < -0.39 is 151 Å². The number of para-hydroxylation sites is 1. The van der Waals surface area contributed by atoms with Crippen molar-refractivity contribution < 1.29 is 63.0 Å². The third-order valence-corrected chi connectivity index (χ3v) is 12.6. The topological polar surface area (TPSA) is 483 Å². The van der Waals surface area contributed by atoms with E-state index in [-0.39, 0.29) is 37.5 Å². The number of thiol groups is 1. The van der Waals surface area contributed by atoms with Crippen LogP contribution in [-0.4, -0.2) is 160 Å². The molecule has 9 atom stereocenters. The van der Waals surface area contributed by atoms with Gasteiger partial charge in [0, 0.05) is 42.2 Å². The van der Waals surface area contributed by atoms with Crippen molar-refractivity contribution in [2.45, 2.75) is 140 Å². The molecule has 428 valence electrons. The summed E-state index contributed by atoms with van der Waals surface area (Å²) < 4.78 is 0. The molecule has 0 saturated heterocycles. The lowest BCUT2D eigenvalue weighted by Gasteiger charge is -2.28. The molecule has 1 heterocycles. The minimum Gasteiger partial charge on any atom is -0.481 e. The number of primary amides is 1. The van der Waals surface area contributed by atoms with Gasteiger partial charge in [0.15, 0.2) is 5.96 Å². The first-order valence-corrected chi connectivity index (χ1v) is 25.8. The average Bonchev–Trinajstić information content (AvgIpc) is 3.78. The molecule has 0 aliphatic heterocycles. The maximum absolute atomic E-state index is 14.1. The number of rotatable bonds is 36. The van der Waals surface area contributed by atoms with Crippen molar-refractivity contribution in [3.63, 3.8) is 0 Å². The predicted octanol–water partition coefficient (Wildman–Crippen LogP) is -3.81. The van der Waals surface area contributed by atoms with Crippen molar-refractivity contribution in [1.29, 1.82) is 0 Å². The fourth-order valence-electron chi connectivity index (χ4n) is 7.63. The minimum absolute atomic E-state index is 0.0221. The average molecular weight is 1100 g/mol. The van der Waals surface area contributed by atoms with Gasteiger partial charge in [-0.25, -0.2) is 4.79 Å². The zero-order valence-electron chi connectivity index (χ0n) is 43.7. The van der Waals surface area contributed by atoms with E-state index >= 15 is 0 Å². The van der Waals surface area contributed by atoms with Crippen LogP contribution in [-0.2, 0) is 59.2 Å². The molecule has 9 unspecified atom stereocenters. The summed E-state index contributed by atoms with van der Waals surface area (Å²) in [5, 5.41) is 39.3. The number of carboxylic acids is 2. The van der Waals surface area contributed by atoms with E-state index in [1.165, 1.54) is 0 Å². The number of H-pyrrole nitrogens is 1. The lowest BCUT2D eigenvalue weighted by Crippen LogP contribution is -2.60. The van der Waals surface area contributed by atoms with Crippen LogP contribution in [0.15, 0.2) is 35.5 Å². The standard InChI is InChI=1S/C48H77N15O13S/c1-5-25(4)39(46(74)61-34(23-77)47(75)76)63-43(71)31(15-16-37(66)67)58-42(70)30(14-10-18-54-48(52)53)57-36(65)22-56-41(69)33(20-35(51)64)60-45(73)38(24(2)3)62-44(72)32(59-40(68)28(50)12-8-9-17-49)19-26-21-55-29-13-7-6-11-27(26)29/h6-7,11,13,21,24-25,28,30-34,38-39,55,77H,5,8-10,12,14-20,22-23,49-50H2,1-4H3,(H2,51,64)(H,56,69)(H,57,65)(H,58,70)(H,59,68)(H,60,73)(H,61,74)(H,62,72)(H,63,71)(H,66,67)(H,75,76)(H4,52,53,54). The summed E-state index contributed by atoms with van der Waals surface area (Å²) in [6, 6.07) is -3.89. The largest absolute Gasteiger partial charge is 0.481 e. The van der Waals surface area contributed by atoms with Gasteiger partial charge in [-0.15, -0.1) is 0 Å². The van der Waals surface area contributed by atoms with Gasteiger partial charge in [-0.2, -0.15) is 12.6 Å². The number of nitrogens with two attached hydrogens (primary N) is 5. The summed E-state index contributed by atoms with van der Waals surface area (Å²) in [5.41, 5.74) is 29.5. The number of nitrogens with one attached hydrogen (secondary N) is 9. The molecule has 2 rings (SSSR count). The Labute approximate surface area is 450 Å². The van der Waals surface area contributed by atoms with Crippen LogP contribution in [0.4, 0.5) is 0 Å². The number of aromatic amines is 1. The summed E-state index contributed by atoms with van der Waals surface area (Å²) >= 11 is 3.95. The summed E-state index contributed by atoms with van der Waals surface area (Å²) in [7, 11) is 0. The van der Waals surface area contributed by atoms with Crippen LogP contribution < -0.4 is 71.2 Å². The zero-order chi connectivity index (χ0) is 57.9. The van der Waals surface area contributed by atoms with Gasteiger partial charge in [0.05, 0.1) is 19.0 Å². The van der Waals surface area contributed by atoms with E-state index in [0.717, 1.165) is 10.9 Å². The fraction of sp³-hybridized carbons (Fsp3) is 0.583. The van der Waals surface area contributed by atoms with E-state index in [1.54, 1.807) is 40.0 Å².